The van der Waals surface area contributed by atoms with Crippen LogP contribution in [0.5, 0.6) is 0 Å². The average Bonchev–Trinajstić information content (AvgIpc) is 2.95. The van der Waals surface area contributed by atoms with Gasteiger partial charge >= 0.3 is 5.97 Å². The molecule has 0 saturated carbocycles. The molecule has 0 radical (unpaired) electrons. The topological polar surface area (TPSA) is 85.1 Å². The van der Waals surface area contributed by atoms with Crippen molar-refractivity contribution < 1.29 is 9.90 Å². The van der Waals surface area contributed by atoms with Crippen LogP contribution in [0.2, 0.25) is 0 Å². The number of fused-ring (bicyclic) bond motifs is 1. The van der Waals surface area contributed by atoms with Gasteiger partial charge in [-0.05, 0) is 26.3 Å². The summed E-state index contributed by atoms with van der Waals surface area (Å²) in [5.41, 5.74) is 1.31. The van der Waals surface area contributed by atoms with Gasteiger partial charge in [0.25, 0.3) is 5.56 Å². The highest BCUT2D eigenvalue weighted by atomic mass is 32.1. The van der Waals surface area contributed by atoms with Crippen molar-refractivity contribution >= 4 is 38.9 Å². The van der Waals surface area contributed by atoms with Crippen molar-refractivity contribution in [3.63, 3.8) is 0 Å². The zero-order valence-electron chi connectivity index (χ0n) is 12.2. The molecule has 1 N–H and O–H groups in total. The highest BCUT2D eigenvalue weighted by Gasteiger charge is 2.16. The zero-order valence-corrected chi connectivity index (χ0v) is 13.8. The number of aromatic carboxylic acids is 1. The van der Waals surface area contributed by atoms with Crippen molar-refractivity contribution in [2.45, 2.75) is 27.3 Å². The number of aromatic nitrogens is 3. The Morgan fingerprint density at radius 2 is 2.05 bits per heavy atom. The molecule has 0 fully saturated rings. The number of carbonyl (C=O) groups is 1. The lowest BCUT2D eigenvalue weighted by Gasteiger charge is -2.02. The minimum absolute atomic E-state index is 0.114. The maximum absolute atomic E-state index is 12.6. The summed E-state index contributed by atoms with van der Waals surface area (Å²) in [6, 6.07) is 0. The van der Waals surface area contributed by atoms with E-state index in [1.54, 1.807) is 6.92 Å². The number of rotatable bonds is 3. The Balaban J connectivity index is 2.06. The molecule has 0 aliphatic rings. The van der Waals surface area contributed by atoms with Crippen LogP contribution in [0, 0.1) is 20.8 Å². The summed E-state index contributed by atoms with van der Waals surface area (Å²) >= 11 is 2.59. The molecule has 0 atom stereocenters. The molecule has 0 aliphatic heterocycles. The van der Waals surface area contributed by atoms with Gasteiger partial charge in [0.15, 0.2) is 0 Å². The first-order valence-electron chi connectivity index (χ1n) is 6.53. The fourth-order valence-corrected chi connectivity index (χ4v) is 4.14. The molecule has 0 unspecified atom stereocenters. The molecule has 0 spiro atoms. The van der Waals surface area contributed by atoms with Crippen LogP contribution >= 0.6 is 22.7 Å². The van der Waals surface area contributed by atoms with Gasteiger partial charge in [0.1, 0.15) is 14.7 Å². The van der Waals surface area contributed by atoms with Crippen LogP contribution in [-0.2, 0) is 6.54 Å². The van der Waals surface area contributed by atoms with Gasteiger partial charge in [0.05, 0.1) is 24.0 Å². The van der Waals surface area contributed by atoms with E-state index in [1.165, 1.54) is 22.2 Å². The Kier molecular flexibility index (Phi) is 3.57. The lowest BCUT2D eigenvalue weighted by molar-refractivity contribution is 0.0701. The first-order valence-corrected chi connectivity index (χ1v) is 8.16. The Morgan fingerprint density at radius 1 is 1.32 bits per heavy atom. The Labute approximate surface area is 133 Å². The summed E-state index contributed by atoms with van der Waals surface area (Å²) in [6.45, 7) is 5.77. The van der Waals surface area contributed by atoms with Gasteiger partial charge in [-0.1, -0.05) is 0 Å². The third-order valence-electron chi connectivity index (χ3n) is 3.50. The van der Waals surface area contributed by atoms with Gasteiger partial charge in [-0.25, -0.2) is 14.8 Å². The molecule has 0 aliphatic carbocycles. The number of carboxylic acids is 1. The van der Waals surface area contributed by atoms with E-state index in [0.29, 0.717) is 16.1 Å². The molecule has 0 saturated heterocycles. The van der Waals surface area contributed by atoms with Crippen LogP contribution in [0.4, 0.5) is 0 Å². The molecule has 22 heavy (non-hydrogen) atoms. The quantitative estimate of drug-likeness (QED) is 0.795. The lowest BCUT2D eigenvalue weighted by atomic mass is 10.2. The molecule has 114 valence electrons. The summed E-state index contributed by atoms with van der Waals surface area (Å²) in [4.78, 5) is 34.2. The molecule has 6 nitrogen and oxygen atoms in total. The number of nitrogens with zero attached hydrogens (tertiary/aromatic N) is 3. The van der Waals surface area contributed by atoms with Crippen LogP contribution in [0.3, 0.4) is 0 Å². The van der Waals surface area contributed by atoms with E-state index in [2.05, 4.69) is 9.97 Å². The third-order valence-corrected chi connectivity index (χ3v) is 5.74. The smallest absolute Gasteiger partial charge is 0.347 e. The summed E-state index contributed by atoms with van der Waals surface area (Å²) < 4.78 is 1.48. The molecule has 0 amide bonds. The van der Waals surface area contributed by atoms with E-state index in [4.69, 9.17) is 5.11 Å². The van der Waals surface area contributed by atoms with Crippen LogP contribution in [0.1, 0.15) is 30.8 Å². The number of carboxylic acid groups (broad SMARTS) is 1. The van der Waals surface area contributed by atoms with Crippen LogP contribution in [-0.4, -0.2) is 25.6 Å². The van der Waals surface area contributed by atoms with Crippen LogP contribution in [0.15, 0.2) is 11.1 Å². The highest BCUT2D eigenvalue weighted by Crippen LogP contribution is 2.25. The SMILES string of the molecule is Cc1nc(Cn2cnc3sc(C)c(C)c3c2=O)sc1C(=O)O. The van der Waals surface area contributed by atoms with Gasteiger partial charge in [-0.2, -0.15) is 0 Å². The molecule has 3 heterocycles. The van der Waals surface area contributed by atoms with Gasteiger partial charge in [0, 0.05) is 4.88 Å². The standard InChI is InChI=1S/C14H13N3O3S2/c1-6-8(3)21-12-10(6)13(18)17(5-15-12)4-9-16-7(2)11(22-9)14(19)20/h5H,4H2,1-3H3,(H,19,20). The van der Waals surface area contributed by atoms with E-state index in [1.807, 2.05) is 13.8 Å². The van der Waals surface area contributed by atoms with Crippen molar-refractivity contribution in [1.29, 1.82) is 0 Å². The number of hydrogen-bond donors (Lipinski definition) is 1. The molecule has 3 aromatic rings. The van der Waals surface area contributed by atoms with Crippen molar-refractivity contribution in [2.24, 2.45) is 0 Å². The Bertz CT molecular complexity index is 952. The maximum atomic E-state index is 12.6. The lowest BCUT2D eigenvalue weighted by Crippen LogP contribution is -2.21. The molecule has 3 rings (SSSR count). The van der Waals surface area contributed by atoms with Crippen LogP contribution < -0.4 is 5.56 Å². The predicted molar refractivity (Wildman–Crippen MR) is 86.3 cm³/mol. The minimum atomic E-state index is -0.994. The summed E-state index contributed by atoms with van der Waals surface area (Å²) in [5.74, 6) is -0.994. The Morgan fingerprint density at radius 3 is 2.68 bits per heavy atom. The molecular formula is C14H13N3O3S2. The molecular weight excluding hydrogens is 322 g/mol. The van der Waals surface area contributed by atoms with Gasteiger partial charge in [0.2, 0.25) is 0 Å². The largest absolute Gasteiger partial charge is 0.477 e. The maximum Gasteiger partial charge on any atom is 0.347 e. The average molecular weight is 335 g/mol. The minimum Gasteiger partial charge on any atom is -0.477 e. The van der Waals surface area contributed by atoms with E-state index < -0.39 is 5.97 Å². The van der Waals surface area contributed by atoms with E-state index in [0.717, 1.165) is 26.6 Å². The number of thiazole rings is 1. The molecule has 3 aromatic heterocycles. The van der Waals surface area contributed by atoms with E-state index >= 15 is 0 Å². The van der Waals surface area contributed by atoms with Crippen molar-refractivity contribution in [3.8, 4) is 0 Å². The fourth-order valence-electron chi connectivity index (χ4n) is 2.25. The van der Waals surface area contributed by atoms with Crippen molar-refractivity contribution in [1.82, 2.24) is 14.5 Å². The Hall–Kier alpha value is -2.06. The first kappa shape index (κ1) is 14.9. The van der Waals surface area contributed by atoms with Crippen molar-refractivity contribution in [2.75, 3.05) is 0 Å². The second-order valence-electron chi connectivity index (χ2n) is 4.97. The summed E-state index contributed by atoms with van der Waals surface area (Å²) in [6.07, 6.45) is 1.50. The normalized spacial score (nSPS) is 11.2. The number of hydrogen-bond acceptors (Lipinski definition) is 6. The monoisotopic (exact) mass is 335 g/mol. The molecule has 8 heteroatoms. The molecule has 0 aromatic carbocycles. The highest BCUT2D eigenvalue weighted by molar-refractivity contribution is 7.18. The van der Waals surface area contributed by atoms with Gasteiger partial charge in [-0.15, -0.1) is 22.7 Å². The second kappa shape index (κ2) is 5.29. The second-order valence-corrected chi connectivity index (χ2v) is 7.26. The summed E-state index contributed by atoms with van der Waals surface area (Å²) in [7, 11) is 0. The first-order chi connectivity index (χ1) is 10.4. The number of aryl methyl sites for hydroxylation is 3. The fraction of sp³-hybridized carbons (Fsp3) is 0.286. The third kappa shape index (κ3) is 2.34. The molecule has 0 bridgehead atoms. The predicted octanol–water partition coefficient (Wildman–Crippen LogP) is 2.59. The van der Waals surface area contributed by atoms with Gasteiger partial charge < -0.3 is 5.11 Å². The van der Waals surface area contributed by atoms with Crippen LogP contribution in [0.25, 0.3) is 10.2 Å². The number of thiophene rings is 1. The van der Waals surface area contributed by atoms with Gasteiger partial charge in [-0.3, -0.25) is 9.36 Å². The van der Waals surface area contributed by atoms with Crippen molar-refractivity contribution in [3.05, 3.63) is 42.7 Å². The summed E-state index contributed by atoms with van der Waals surface area (Å²) in [5, 5.41) is 10.3. The van der Waals surface area contributed by atoms with E-state index in [9.17, 15) is 9.59 Å². The zero-order chi connectivity index (χ0) is 16.0. The van der Waals surface area contributed by atoms with E-state index in [-0.39, 0.29) is 17.0 Å².